The molecular weight excluding hydrogens is 316 g/mol. The summed E-state index contributed by atoms with van der Waals surface area (Å²) in [5.74, 6) is 0.410. The molecular formula is C19H26N4O2. The zero-order chi connectivity index (χ0) is 18.8. The molecule has 2 rings (SSSR count). The number of aromatic amines is 1. The van der Waals surface area contributed by atoms with Crippen molar-refractivity contribution in [2.24, 2.45) is 11.7 Å². The van der Waals surface area contributed by atoms with E-state index in [0.29, 0.717) is 29.4 Å². The number of hydrogen-bond donors (Lipinski definition) is 3. The molecule has 0 spiro atoms. The van der Waals surface area contributed by atoms with Gasteiger partial charge in [-0.2, -0.15) is 0 Å². The van der Waals surface area contributed by atoms with E-state index in [0.717, 1.165) is 11.4 Å². The fraction of sp³-hybridized carbons (Fsp3) is 0.421. The highest BCUT2D eigenvalue weighted by atomic mass is 16.2. The molecule has 0 aliphatic carbocycles. The van der Waals surface area contributed by atoms with Crippen LogP contribution in [0.3, 0.4) is 0 Å². The van der Waals surface area contributed by atoms with E-state index < -0.39 is 5.91 Å². The zero-order valence-electron chi connectivity index (χ0n) is 15.4. The van der Waals surface area contributed by atoms with Gasteiger partial charge in [-0.1, -0.05) is 46.8 Å². The molecule has 4 N–H and O–H groups in total. The van der Waals surface area contributed by atoms with Gasteiger partial charge < -0.3 is 16.0 Å². The van der Waals surface area contributed by atoms with E-state index in [9.17, 15) is 9.59 Å². The molecule has 0 fully saturated rings. The molecule has 0 unspecified atom stereocenters. The third-order valence-corrected chi connectivity index (χ3v) is 3.76. The molecule has 0 aliphatic rings. The Morgan fingerprint density at radius 3 is 2.28 bits per heavy atom. The van der Waals surface area contributed by atoms with E-state index in [-0.39, 0.29) is 11.3 Å². The first-order chi connectivity index (χ1) is 11.6. The number of nitrogens with two attached hydrogens (primary N) is 1. The van der Waals surface area contributed by atoms with Crippen LogP contribution in [0.2, 0.25) is 0 Å². The lowest BCUT2D eigenvalue weighted by Crippen LogP contribution is -2.28. The fourth-order valence-corrected chi connectivity index (χ4v) is 2.28. The zero-order valence-corrected chi connectivity index (χ0v) is 15.4. The third kappa shape index (κ3) is 4.47. The quantitative estimate of drug-likeness (QED) is 0.778. The van der Waals surface area contributed by atoms with Crippen molar-refractivity contribution in [1.29, 1.82) is 0 Å². The molecule has 6 nitrogen and oxygen atoms in total. The van der Waals surface area contributed by atoms with Crippen LogP contribution in [-0.4, -0.2) is 28.3 Å². The van der Waals surface area contributed by atoms with Gasteiger partial charge in [-0.3, -0.25) is 9.59 Å². The van der Waals surface area contributed by atoms with Gasteiger partial charge in [-0.25, -0.2) is 4.98 Å². The molecule has 0 saturated heterocycles. The maximum atomic E-state index is 12.6. The largest absolute Gasteiger partial charge is 0.366 e. The fourth-order valence-electron chi connectivity index (χ4n) is 2.28. The Kier molecular flexibility index (Phi) is 5.30. The molecule has 0 aliphatic heterocycles. The summed E-state index contributed by atoms with van der Waals surface area (Å²) in [6.45, 7) is 10.8. The van der Waals surface area contributed by atoms with Crippen LogP contribution in [0, 0.1) is 5.92 Å². The van der Waals surface area contributed by atoms with Crippen LogP contribution < -0.4 is 11.1 Å². The second-order valence-corrected chi connectivity index (χ2v) is 7.60. The summed E-state index contributed by atoms with van der Waals surface area (Å²) in [4.78, 5) is 31.7. The highest BCUT2D eigenvalue weighted by Gasteiger charge is 2.25. The van der Waals surface area contributed by atoms with E-state index in [1.165, 1.54) is 0 Å². The molecule has 0 atom stereocenters. The molecule has 2 aromatic rings. The minimum Gasteiger partial charge on any atom is -0.366 e. The summed E-state index contributed by atoms with van der Waals surface area (Å²) in [5.41, 5.74) is 7.23. The predicted octanol–water partition coefficient (Wildman–Crippen LogP) is 2.86. The van der Waals surface area contributed by atoms with Gasteiger partial charge in [0.05, 0.1) is 0 Å². The van der Waals surface area contributed by atoms with Gasteiger partial charge >= 0.3 is 0 Å². The average molecular weight is 342 g/mol. The lowest BCUT2D eigenvalue weighted by Gasteiger charge is -2.14. The summed E-state index contributed by atoms with van der Waals surface area (Å²) < 4.78 is 0. The number of nitrogens with zero attached hydrogens (tertiary/aromatic N) is 1. The van der Waals surface area contributed by atoms with Gasteiger partial charge in [-0.15, -0.1) is 0 Å². The Balaban J connectivity index is 2.45. The number of H-pyrrole nitrogens is 1. The minimum absolute atomic E-state index is 0.189. The van der Waals surface area contributed by atoms with E-state index in [1.807, 2.05) is 34.6 Å². The summed E-state index contributed by atoms with van der Waals surface area (Å²) in [5, 5.41) is 2.92. The minimum atomic E-state index is -0.487. The maximum absolute atomic E-state index is 12.6. The molecule has 134 valence electrons. The molecule has 25 heavy (non-hydrogen) atoms. The number of nitrogens with one attached hydrogen (secondary N) is 2. The van der Waals surface area contributed by atoms with Crippen LogP contribution in [-0.2, 0) is 5.41 Å². The van der Waals surface area contributed by atoms with Crippen molar-refractivity contribution in [2.45, 2.75) is 40.0 Å². The first kappa shape index (κ1) is 18.7. The van der Waals surface area contributed by atoms with Crippen LogP contribution >= 0.6 is 0 Å². The van der Waals surface area contributed by atoms with Crippen LogP contribution in [0.1, 0.15) is 61.3 Å². The van der Waals surface area contributed by atoms with Crippen molar-refractivity contribution < 1.29 is 9.59 Å². The predicted molar refractivity (Wildman–Crippen MR) is 98.4 cm³/mol. The molecule has 2 amide bonds. The molecule has 1 aromatic carbocycles. The monoisotopic (exact) mass is 342 g/mol. The van der Waals surface area contributed by atoms with Crippen LogP contribution in [0.5, 0.6) is 0 Å². The van der Waals surface area contributed by atoms with Gasteiger partial charge in [0.2, 0.25) is 5.91 Å². The Morgan fingerprint density at radius 1 is 1.20 bits per heavy atom. The number of carbonyl (C=O) groups excluding carboxylic acids is 2. The SMILES string of the molecule is CC(C)CNC(=O)c1[nH]c(C(C)(C)C)nc1-c1ccc(C(N)=O)cc1. The Bertz CT molecular complexity index is 768. The van der Waals surface area contributed by atoms with Crippen molar-refractivity contribution >= 4 is 11.8 Å². The van der Waals surface area contributed by atoms with E-state index in [4.69, 9.17) is 5.73 Å². The van der Waals surface area contributed by atoms with Gasteiger partial charge in [-0.05, 0) is 18.1 Å². The average Bonchev–Trinajstić information content (AvgIpc) is 2.98. The van der Waals surface area contributed by atoms with E-state index >= 15 is 0 Å². The normalized spacial score (nSPS) is 11.6. The van der Waals surface area contributed by atoms with Gasteiger partial charge in [0, 0.05) is 23.1 Å². The van der Waals surface area contributed by atoms with Gasteiger partial charge in [0.15, 0.2) is 0 Å². The van der Waals surface area contributed by atoms with Crippen molar-refractivity contribution in [3.05, 3.63) is 41.3 Å². The Morgan fingerprint density at radius 2 is 1.80 bits per heavy atom. The number of benzene rings is 1. The number of aromatic nitrogens is 2. The number of primary amides is 1. The number of hydrogen-bond acceptors (Lipinski definition) is 3. The molecule has 0 radical (unpaired) electrons. The van der Waals surface area contributed by atoms with Gasteiger partial charge in [0.1, 0.15) is 17.2 Å². The number of amides is 2. The second kappa shape index (κ2) is 7.09. The molecule has 0 saturated carbocycles. The molecule has 1 aromatic heterocycles. The van der Waals surface area contributed by atoms with Crippen molar-refractivity contribution in [3.63, 3.8) is 0 Å². The lowest BCUT2D eigenvalue weighted by molar-refractivity contribution is 0.0943. The van der Waals surface area contributed by atoms with Crippen LogP contribution in [0.4, 0.5) is 0 Å². The molecule has 6 heteroatoms. The van der Waals surface area contributed by atoms with Crippen molar-refractivity contribution in [2.75, 3.05) is 6.54 Å². The van der Waals surface area contributed by atoms with Crippen LogP contribution in [0.25, 0.3) is 11.3 Å². The summed E-state index contributed by atoms with van der Waals surface area (Å²) in [6.07, 6.45) is 0. The maximum Gasteiger partial charge on any atom is 0.270 e. The summed E-state index contributed by atoms with van der Waals surface area (Å²) >= 11 is 0. The number of imidazole rings is 1. The lowest BCUT2D eigenvalue weighted by atomic mass is 9.96. The summed E-state index contributed by atoms with van der Waals surface area (Å²) in [7, 11) is 0. The Hall–Kier alpha value is -2.63. The Labute approximate surface area is 148 Å². The standard InChI is InChI=1S/C19H26N4O2/c1-11(2)10-21-17(25)15-14(22-18(23-15)19(3,4)5)12-6-8-13(9-7-12)16(20)24/h6-9,11H,10H2,1-5H3,(H2,20,24)(H,21,25)(H,22,23). The first-order valence-electron chi connectivity index (χ1n) is 8.38. The van der Waals surface area contributed by atoms with Gasteiger partial charge in [0.25, 0.3) is 5.91 Å². The summed E-state index contributed by atoms with van der Waals surface area (Å²) in [6, 6.07) is 6.78. The van der Waals surface area contributed by atoms with E-state index in [1.54, 1.807) is 24.3 Å². The third-order valence-electron chi connectivity index (χ3n) is 3.76. The molecule has 1 heterocycles. The smallest absolute Gasteiger partial charge is 0.270 e. The van der Waals surface area contributed by atoms with Crippen molar-refractivity contribution in [3.8, 4) is 11.3 Å². The molecule has 0 bridgehead atoms. The number of carbonyl (C=O) groups is 2. The van der Waals surface area contributed by atoms with E-state index in [2.05, 4.69) is 15.3 Å². The van der Waals surface area contributed by atoms with Crippen LogP contribution in [0.15, 0.2) is 24.3 Å². The van der Waals surface area contributed by atoms with Crippen molar-refractivity contribution in [1.82, 2.24) is 15.3 Å². The number of rotatable bonds is 5. The highest BCUT2D eigenvalue weighted by molar-refractivity contribution is 5.99. The topological polar surface area (TPSA) is 101 Å². The second-order valence-electron chi connectivity index (χ2n) is 7.60. The first-order valence-corrected chi connectivity index (χ1v) is 8.38. The highest BCUT2D eigenvalue weighted by Crippen LogP contribution is 2.27.